The number of rotatable bonds is 4. The molecule has 5 heteroatoms. The van der Waals surface area contributed by atoms with Crippen LogP contribution in [0.2, 0.25) is 0 Å². The van der Waals surface area contributed by atoms with Crippen molar-refractivity contribution in [2.24, 2.45) is 0 Å². The number of nitrogens with zero attached hydrogens (tertiary/aromatic N) is 5. The fourth-order valence-electron chi connectivity index (χ4n) is 2.95. The molecule has 20 heavy (non-hydrogen) atoms. The summed E-state index contributed by atoms with van der Waals surface area (Å²) >= 11 is 0. The predicted molar refractivity (Wildman–Crippen MR) is 77.5 cm³/mol. The maximum absolute atomic E-state index is 4.19. The van der Waals surface area contributed by atoms with Crippen LogP contribution in [-0.2, 0) is 6.54 Å². The number of hydrogen-bond donors (Lipinski definition) is 0. The van der Waals surface area contributed by atoms with Crippen LogP contribution in [0, 0.1) is 0 Å². The van der Waals surface area contributed by atoms with Crippen molar-refractivity contribution in [3.63, 3.8) is 0 Å². The number of benzene rings is 1. The van der Waals surface area contributed by atoms with E-state index in [1.54, 1.807) is 0 Å². The average molecular weight is 271 g/mol. The minimum atomic E-state index is 0.671. The summed E-state index contributed by atoms with van der Waals surface area (Å²) in [5.74, 6) is 0.907. The zero-order chi connectivity index (χ0) is 13.8. The molecule has 1 aromatic heterocycles. The Labute approximate surface area is 119 Å². The molecule has 2 aromatic rings. The maximum atomic E-state index is 4.19. The smallest absolute Gasteiger partial charge is 0.170 e. The molecule has 0 aliphatic heterocycles. The number of tetrazole rings is 1. The molecule has 1 aromatic carbocycles. The van der Waals surface area contributed by atoms with E-state index in [0.717, 1.165) is 18.1 Å². The van der Waals surface area contributed by atoms with Crippen molar-refractivity contribution in [1.82, 2.24) is 25.1 Å². The number of para-hydroxylation sites is 1. The first kappa shape index (κ1) is 13.2. The van der Waals surface area contributed by atoms with E-state index in [2.05, 4.69) is 27.5 Å². The normalized spacial score (nSPS) is 16.7. The second-order valence-corrected chi connectivity index (χ2v) is 5.55. The molecule has 0 radical (unpaired) electrons. The monoisotopic (exact) mass is 271 g/mol. The quantitative estimate of drug-likeness (QED) is 0.857. The molecule has 0 atom stereocenters. The molecule has 0 bridgehead atoms. The second kappa shape index (κ2) is 6.13. The van der Waals surface area contributed by atoms with Gasteiger partial charge in [-0.05, 0) is 42.4 Å². The summed E-state index contributed by atoms with van der Waals surface area (Å²) < 4.78 is 1.83. The fraction of sp³-hybridized carbons (Fsp3) is 0.533. The highest BCUT2D eigenvalue weighted by Crippen LogP contribution is 2.22. The summed E-state index contributed by atoms with van der Waals surface area (Å²) in [6.45, 7) is 0.798. The molecule has 0 saturated heterocycles. The van der Waals surface area contributed by atoms with Crippen molar-refractivity contribution in [3.8, 4) is 5.69 Å². The lowest BCUT2D eigenvalue weighted by atomic mass is 9.94. The van der Waals surface area contributed by atoms with Crippen molar-refractivity contribution < 1.29 is 0 Å². The van der Waals surface area contributed by atoms with E-state index in [9.17, 15) is 0 Å². The van der Waals surface area contributed by atoms with Crippen LogP contribution in [0.3, 0.4) is 0 Å². The van der Waals surface area contributed by atoms with Crippen molar-refractivity contribution in [1.29, 1.82) is 0 Å². The van der Waals surface area contributed by atoms with Crippen molar-refractivity contribution in [2.45, 2.75) is 44.7 Å². The van der Waals surface area contributed by atoms with Gasteiger partial charge in [0.05, 0.1) is 12.2 Å². The van der Waals surface area contributed by atoms with Crippen LogP contribution in [0.5, 0.6) is 0 Å². The molecule has 1 fully saturated rings. The first-order valence-electron chi connectivity index (χ1n) is 7.37. The standard InChI is InChI=1S/C15H21N5/c1-19(13-8-4-2-5-9-13)12-15-16-17-18-20(15)14-10-6-3-7-11-14/h3,6-7,10-11,13H,2,4-5,8-9,12H2,1H3. The first-order chi connectivity index (χ1) is 9.84. The Kier molecular flexibility index (Phi) is 4.06. The Morgan fingerprint density at radius 1 is 1.15 bits per heavy atom. The van der Waals surface area contributed by atoms with Gasteiger partial charge >= 0.3 is 0 Å². The summed E-state index contributed by atoms with van der Waals surface area (Å²) in [4.78, 5) is 2.39. The topological polar surface area (TPSA) is 46.8 Å². The third-order valence-corrected chi connectivity index (χ3v) is 4.12. The van der Waals surface area contributed by atoms with Crippen LogP contribution in [0.1, 0.15) is 37.9 Å². The first-order valence-corrected chi connectivity index (χ1v) is 7.37. The summed E-state index contributed by atoms with van der Waals surface area (Å²) in [5.41, 5.74) is 1.02. The minimum absolute atomic E-state index is 0.671. The molecule has 0 unspecified atom stereocenters. The Morgan fingerprint density at radius 2 is 1.90 bits per heavy atom. The summed E-state index contributed by atoms with van der Waals surface area (Å²) in [7, 11) is 2.18. The SMILES string of the molecule is CN(Cc1nnnn1-c1ccccc1)C1CCCCC1. The molecule has 5 nitrogen and oxygen atoms in total. The average Bonchev–Trinajstić information content (AvgIpc) is 2.97. The molecular weight excluding hydrogens is 250 g/mol. The van der Waals surface area contributed by atoms with Crippen LogP contribution in [0.25, 0.3) is 5.69 Å². The second-order valence-electron chi connectivity index (χ2n) is 5.55. The van der Waals surface area contributed by atoms with Crippen molar-refractivity contribution >= 4 is 0 Å². The molecule has 3 rings (SSSR count). The predicted octanol–water partition coefficient (Wildman–Crippen LogP) is 2.43. The molecule has 1 aliphatic carbocycles. The molecule has 0 amide bonds. The van der Waals surface area contributed by atoms with Gasteiger partial charge in [0.2, 0.25) is 0 Å². The Bertz CT molecular complexity index is 530. The van der Waals surface area contributed by atoms with Gasteiger partial charge in [-0.15, -0.1) is 5.10 Å². The van der Waals surface area contributed by atoms with E-state index >= 15 is 0 Å². The summed E-state index contributed by atoms with van der Waals surface area (Å²) in [6.07, 6.45) is 6.66. The van der Waals surface area contributed by atoms with Gasteiger partial charge in [0.1, 0.15) is 0 Å². The third kappa shape index (κ3) is 2.88. The highest BCUT2D eigenvalue weighted by Gasteiger charge is 2.20. The number of aromatic nitrogens is 4. The van der Waals surface area contributed by atoms with Crippen LogP contribution in [0.15, 0.2) is 30.3 Å². The minimum Gasteiger partial charge on any atom is -0.296 e. The van der Waals surface area contributed by atoms with Gasteiger partial charge in [0.25, 0.3) is 0 Å². The van der Waals surface area contributed by atoms with E-state index in [4.69, 9.17) is 0 Å². The zero-order valence-electron chi connectivity index (χ0n) is 11.9. The van der Waals surface area contributed by atoms with Crippen LogP contribution in [0.4, 0.5) is 0 Å². The summed E-state index contributed by atoms with van der Waals surface area (Å²) in [6, 6.07) is 10.7. The lowest BCUT2D eigenvalue weighted by molar-refractivity contribution is 0.179. The van der Waals surface area contributed by atoms with Gasteiger partial charge in [-0.1, -0.05) is 37.5 Å². The van der Waals surface area contributed by atoms with E-state index in [-0.39, 0.29) is 0 Å². The van der Waals surface area contributed by atoms with Crippen LogP contribution in [-0.4, -0.2) is 38.2 Å². The van der Waals surface area contributed by atoms with Gasteiger partial charge in [-0.25, -0.2) is 0 Å². The lowest BCUT2D eigenvalue weighted by Crippen LogP contribution is -2.33. The highest BCUT2D eigenvalue weighted by atomic mass is 15.5. The van der Waals surface area contributed by atoms with E-state index in [1.807, 2.05) is 35.0 Å². The van der Waals surface area contributed by atoms with Crippen molar-refractivity contribution in [2.75, 3.05) is 7.05 Å². The molecule has 0 spiro atoms. The Morgan fingerprint density at radius 3 is 2.65 bits per heavy atom. The zero-order valence-corrected chi connectivity index (χ0v) is 11.9. The molecular formula is C15H21N5. The van der Waals surface area contributed by atoms with Gasteiger partial charge < -0.3 is 0 Å². The maximum Gasteiger partial charge on any atom is 0.170 e. The van der Waals surface area contributed by atoms with Crippen LogP contribution < -0.4 is 0 Å². The fourth-order valence-corrected chi connectivity index (χ4v) is 2.95. The highest BCUT2D eigenvalue weighted by molar-refractivity contribution is 5.30. The molecule has 1 aliphatic rings. The molecule has 0 N–H and O–H groups in total. The van der Waals surface area contributed by atoms with Crippen LogP contribution >= 0.6 is 0 Å². The van der Waals surface area contributed by atoms with E-state index < -0.39 is 0 Å². The third-order valence-electron chi connectivity index (χ3n) is 4.12. The summed E-state index contributed by atoms with van der Waals surface area (Å²) in [5, 5.41) is 12.1. The van der Waals surface area contributed by atoms with Gasteiger partial charge in [-0.2, -0.15) is 4.68 Å². The molecule has 1 heterocycles. The lowest BCUT2D eigenvalue weighted by Gasteiger charge is -2.30. The van der Waals surface area contributed by atoms with Gasteiger partial charge in [0.15, 0.2) is 5.82 Å². The Balaban J connectivity index is 1.73. The number of hydrogen-bond acceptors (Lipinski definition) is 4. The van der Waals surface area contributed by atoms with Gasteiger partial charge in [0, 0.05) is 6.04 Å². The van der Waals surface area contributed by atoms with Gasteiger partial charge in [-0.3, -0.25) is 4.90 Å². The molecule has 106 valence electrons. The van der Waals surface area contributed by atoms with E-state index in [1.165, 1.54) is 32.1 Å². The Hall–Kier alpha value is -1.75. The largest absolute Gasteiger partial charge is 0.296 e. The van der Waals surface area contributed by atoms with Crippen molar-refractivity contribution in [3.05, 3.63) is 36.2 Å². The van der Waals surface area contributed by atoms with E-state index in [0.29, 0.717) is 6.04 Å². The molecule has 1 saturated carbocycles.